The Bertz CT molecular complexity index is 532. The number of nitrogens with zero attached hydrogens (tertiary/aromatic N) is 2. The molecule has 0 aliphatic carbocycles. The topological polar surface area (TPSA) is 86.7 Å². The summed E-state index contributed by atoms with van der Waals surface area (Å²) in [4.78, 5) is 30.1. The number of piperidine rings is 1. The summed E-state index contributed by atoms with van der Waals surface area (Å²) in [6.07, 6.45) is 0.714. The normalized spacial score (nSPS) is 23.0. The summed E-state index contributed by atoms with van der Waals surface area (Å²) in [7, 11) is 0. The van der Waals surface area contributed by atoms with Gasteiger partial charge in [-0.1, -0.05) is 12.1 Å². The molecule has 1 atom stereocenters. The van der Waals surface area contributed by atoms with Gasteiger partial charge in [-0.15, -0.1) is 0 Å². The molecule has 1 unspecified atom stereocenters. The molecule has 8 heteroatoms. The second kappa shape index (κ2) is 7.49. The summed E-state index contributed by atoms with van der Waals surface area (Å²) < 4.78 is 16.3. The van der Waals surface area contributed by atoms with Crippen LogP contribution in [-0.2, 0) is 23.8 Å². The molecule has 0 aromatic heterocycles. The molecule has 1 saturated heterocycles. The van der Waals surface area contributed by atoms with Crippen molar-refractivity contribution in [2.75, 3.05) is 26.3 Å². The SMILES string of the molecule is CC(=O)OCC1CON=C(C2(C)CCN(C(=O)OC(C)(C)C)CC2)O1. The lowest BCUT2D eigenvalue weighted by Crippen LogP contribution is -2.49. The van der Waals surface area contributed by atoms with Gasteiger partial charge in [0.05, 0.1) is 5.41 Å². The molecule has 0 radical (unpaired) electrons. The average Bonchev–Trinajstić information content (AvgIpc) is 2.52. The monoisotopic (exact) mass is 356 g/mol. The summed E-state index contributed by atoms with van der Waals surface area (Å²) in [5.74, 6) is 0.143. The maximum Gasteiger partial charge on any atom is 0.410 e. The Morgan fingerprint density at radius 2 is 1.96 bits per heavy atom. The Balaban J connectivity index is 1.90. The van der Waals surface area contributed by atoms with Gasteiger partial charge < -0.3 is 23.9 Å². The minimum atomic E-state index is -0.508. The van der Waals surface area contributed by atoms with Crippen molar-refractivity contribution in [1.82, 2.24) is 4.90 Å². The highest BCUT2D eigenvalue weighted by Crippen LogP contribution is 2.35. The Morgan fingerprint density at radius 3 is 2.52 bits per heavy atom. The van der Waals surface area contributed by atoms with Crippen LogP contribution < -0.4 is 0 Å². The summed E-state index contributed by atoms with van der Waals surface area (Å²) in [6, 6.07) is 0. The predicted molar refractivity (Wildman–Crippen MR) is 90.0 cm³/mol. The van der Waals surface area contributed by atoms with E-state index in [2.05, 4.69) is 5.16 Å². The van der Waals surface area contributed by atoms with E-state index in [1.165, 1.54) is 6.92 Å². The maximum absolute atomic E-state index is 12.2. The molecule has 1 amide bonds. The van der Waals surface area contributed by atoms with Crippen LogP contribution in [0.5, 0.6) is 0 Å². The van der Waals surface area contributed by atoms with Gasteiger partial charge in [0, 0.05) is 20.0 Å². The smallest absolute Gasteiger partial charge is 0.410 e. The van der Waals surface area contributed by atoms with E-state index in [0.717, 1.165) is 0 Å². The molecule has 8 nitrogen and oxygen atoms in total. The van der Waals surface area contributed by atoms with Gasteiger partial charge in [-0.25, -0.2) is 4.79 Å². The lowest BCUT2D eigenvalue weighted by molar-refractivity contribution is -0.145. The van der Waals surface area contributed by atoms with Crippen LogP contribution in [0.25, 0.3) is 0 Å². The van der Waals surface area contributed by atoms with E-state index in [1.54, 1.807) is 4.90 Å². The van der Waals surface area contributed by atoms with Crippen molar-refractivity contribution in [2.24, 2.45) is 10.6 Å². The number of rotatable bonds is 3. The first-order valence-corrected chi connectivity index (χ1v) is 8.57. The second-order valence-electron chi connectivity index (χ2n) is 7.76. The minimum Gasteiger partial charge on any atom is -0.468 e. The predicted octanol–water partition coefficient (Wildman–Crippen LogP) is 2.32. The fourth-order valence-electron chi connectivity index (χ4n) is 2.66. The van der Waals surface area contributed by atoms with Crippen LogP contribution in [0.2, 0.25) is 0 Å². The molecule has 0 aromatic carbocycles. The van der Waals surface area contributed by atoms with Crippen LogP contribution in [0.4, 0.5) is 4.79 Å². The van der Waals surface area contributed by atoms with Gasteiger partial charge in [0.25, 0.3) is 0 Å². The number of oxime groups is 1. The number of hydrogen-bond acceptors (Lipinski definition) is 7. The lowest BCUT2D eigenvalue weighted by Gasteiger charge is -2.40. The molecule has 2 rings (SSSR count). The van der Waals surface area contributed by atoms with Crippen molar-refractivity contribution in [1.29, 1.82) is 0 Å². The zero-order valence-corrected chi connectivity index (χ0v) is 15.7. The van der Waals surface area contributed by atoms with Crippen molar-refractivity contribution in [3.8, 4) is 0 Å². The molecule has 2 aliphatic heterocycles. The fourth-order valence-corrected chi connectivity index (χ4v) is 2.66. The summed E-state index contributed by atoms with van der Waals surface area (Å²) >= 11 is 0. The van der Waals surface area contributed by atoms with Crippen molar-refractivity contribution in [3.63, 3.8) is 0 Å². The first-order chi connectivity index (χ1) is 11.6. The molecule has 142 valence electrons. The largest absolute Gasteiger partial charge is 0.468 e. The highest BCUT2D eigenvalue weighted by molar-refractivity contribution is 5.83. The van der Waals surface area contributed by atoms with Gasteiger partial charge in [-0.05, 0) is 33.6 Å². The molecule has 0 N–H and O–H groups in total. The molecule has 0 spiro atoms. The van der Waals surface area contributed by atoms with E-state index in [0.29, 0.717) is 31.8 Å². The number of amides is 1. The quantitative estimate of drug-likeness (QED) is 0.721. The van der Waals surface area contributed by atoms with E-state index in [4.69, 9.17) is 19.0 Å². The summed E-state index contributed by atoms with van der Waals surface area (Å²) in [5, 5.41) is 4.05. The van der Waals surface area contributed by atoms with E-state index in [1.807, 2.05) is 27.7 Å². The number of likely N-dealkylation sites (tertiary alicyclic amines) is 1. The number of hydrogen-bond donors (Lipinski definition) is 0. The van der Waals surface area contributed by atoms with Gasteiger partial charge in [0.15, 0.2) is 12.7 Å². The Kier molecular flexibility index (Phi) is 5.80. The second-order valence-corrected chi connectivity index (χ2v) is 7.76. The minimum absolute atomic E-state index is 0.133. The van der Waals surface area contributed by atoms with Crippen molar-refractivity contribution in [3.05, 3.63) is 0 Å². The number of carbonyl (C=O) groups is 2. The molecule has 0 aromatic rings. The van der Waals surface area contributed by atoms with Crippen molar-refractivity contribution >= 4 is 18.0 Å². The third-order valence-corrected chi connectivity index (χ3v) is 4.19. The van der Waals surface area contributed by atoms with Crippen LogP contribution in [-0.4, -0.2) is 60.9 Å². The third-order valence-electron chi connectivity index (χ3n) is 4.19. The first kappa shape index (κ1) is 19.3. The van der Waals surface area contributed by atoms with E-state index >= 15 is 0 Å². The standard InChI is InChI=1S/C17H28N2O6/c1-12(20)22-10-13-11-23-18-14(24-13)17(5)6-8-19(9-7-17)15(21)25-16(2,3)4/h13H,6-11H2,1-5H3. The van der Waals surface area contributed by atoms with Gasteiger partial charge >= 0.3 is 12.1 Å². The van der Waals surface area contributed by atoms with E-state index in [-0.39, 0.29) is 36.8 Å². The van der Waals surface area contributed by atoms with Gasteiger partial charge in [-0.3, -0.25) is 4.79 Å². The van der Waals surface area contributed by atoms with Gasteiger partial charge in [0.2, 0.25) is 5.90 Å². The number of ether oxygens (including phenoxy) is 3. The van der Waals surface area contributed by atoms with Crippen LogP contribution in [0.3, 0.4) is 0 Å². The molecular weight excluding hydrogens is 328 g/mol. The molecule has 25 heavy (non-hydrogen) atoms. The Hall–Kier alpha value is -1.99. The van der Waals surface area contributed by atoms with Crippen LogP contribution >= 0.6 is 0 Å². The highest BCUT2D eigenvalue weighted by Gasteiger charge is 2.41. The first-order valence-electron chi connectivity index (χ1n) is 8.57. The van der Waals surface area contributed by atoms with E-state index < -0.39 is 5.60 Å². The zero-order chi connectivity index (χ0) is 18.7. The maximum atomic E-state index is 12.2. The molecular formula is C17H28N2O6. The highest BCUT2D eigenvalue weighted by atomic mass is 16.7. The summed E-state index contributed by atoms with van der Waals surface area (Å²) in [6.45, 7) is 10.4. The zero-order valence-electron chi connectivity index (χ0n) is 15.7. The number of esters is 1. The Labute approximate surface area is 148 Å². The van der Waals surface area contributed by atoms with Crippen molar-refractivity contribution in [2.45, 2.75) is 59.2 Å². The molecule has 1 fully saturated rings. The molecule has 0 saturated carbocycles. The van der Waals surface area contributed by atoms with E-state index in [9.17, 15) is 9.59 Å². The van der Waals surface area contributed by atoms with Gasteiger partial charge in [0.1, 0.15) is 12.2 Å². The van der Waals surface area contributed by atoms with Crippen LogP contribution in [0.1, 0.15) is 47.5 Å². The van der Waals surface area contributed by atoms with Crippen LogP contribution in [0, 0.1) is 5.41 Å². The average molecular weight is 356 g/mol. The Morgan fingerprint density at radius 1 is 1.32 bits per heavy atom. The molecule has 2 heterocycles. The number of carbonyl (C=O) groups excluding carboxylic acids is 2. The van der Waals surface area contributed by atoms with Crippen molar-refractivity contribution < 1.29 is 28.6 Å². The lowest BCUT2D eigenvalue weighted by atomic mass is 9.80. The van der Waals surface area contributed by atoms with Gasteiger partial charge in [-0.2, -0.15) is 0 Å². The third kappa shape index (κ3) is 5.51. The van der Waals surface area contributed by atoms with Crippen LogP contribution in [0.15, 0.2) is 5.16 Å². The molecule has 2 aliphatic rings. The fraction of sp³-hybridized carbons (Fsp3) is 0.824. The molecule has 0 bridgehead atoms. The summed E-state index contributed by atoms with van der Waals surface area (Å²) in [5.41, 5.74) is -0.834.